The van der Waals surface area contributed by atoms with Crippen LogP contribution in [0.15, 0.2) is 54.6 Å². The summed E-state index contributed by atoms with van der Waals surface area (Å²) in [5, 5.41) is 0. The van der Waals surface area contributed by atoms with Gasteiger partial charge in [0.05, 0.1) is 6.04 Å². The van der Waals surface area contributed by atoms with E-state index in [9.17, 15) is 4.79 Å². The minimum absolute atomic E-state index is 0.333. The number of primary amides is 1. The lowest BCUT2D eigenvalue weighted by molar-refractivity contribution is 0.0999. The zero-order valence-corrected chi connectivity index (χ0v) is 9.34. The summed E-state index contributed by atoms with van der Waals surface area (Å²) < 4.78 is 0. The van der Waals surface area contributed by atoms with E-state index in [1.807, 2.05) is 42.5 Å². The summed E-state index contributed by atoms with van der Waals surface area (Å²) >= 11 is 0. The van der Waals surface area contributed by atoms with Crippen LogP contribution in [0.2, 0.25) is 0 Å². The van der Waals surface area contributed by atoms with E-state index in [0.29, 0.717) is 5.56 Å². The summed E-state index contributed by atoms with van der Waals surface area (Å²) in [6.45, 7) is 0. The largest absolute Gasteiger partial charge is 0.366 e. The Morgan fingerprint density at radius 1 is 0.941 bits per heavy atom. The Labute approximate surface area is 100 Å². The van der Waals surface area contributed by atoms with E-state index in [4.69, 9.17) is 11.5 Å². The van der Waals surface area contributed by atoms with E-state index in [0.717, 1.165) is 11.1 Å². The molecule has 0 saturated heterocycles. The van der Waals surface area contributed by atoms with Gasteiger partial charge in [-0.3, -0.25) is 4.79 Å². The number of amides is 1. The molecule has 0 aliphatic rings. The first-order chi connectivity index (χ1) is 8.20. The molecular weight excluding hydrogens is 212 g/mol. The molecule has 0 heterocycles. The smallest absolute Gasteiger partial charge is 0.249 e. The fraction of sp³-hybridized carbons (Fsp3) is 0.0714. The van der Waals surface area contributed by atoms with Gasteiger partial charge >= 0.3 is 0 Å². The van der Waals surface area contributed by atoms with Crippen molar-refractivity contribution in [1.29, 1.82) is 0 Å². The van der Waals surface area contributed by atoms with Gasteiger partial charge in [-0.15, -0.1) is 0 Å². The average molecular weight is 226 g/mol. The molecule has 86 valence electrons. The summed E-state index contributed by atoms with van der Waals surface area (Å²) in [6, 6.07) is 16.5. The standard InChI is InChI=1S/C14H14N2O/c15-13(10-6-2-1-3-7-10)11-8-4-5-9-12(11)14(16)17/h1-9,13H,15H2,(H2,16,17). The van der Waals surface area contributed by atoms with Gasteiger partial charge in [0.15, 0.2) is 0 Å². The summed E-state index contributed by atoms with van der Waals surface area (Å²) in [5.41, 5.74) is 13.7. The highest BCUT2D eigenvalue weighted by molar-refractivity contribution is 5.94. The highest BCUT2D eigenvalue weighted by Crippen LogP contribution is 2.22. The van der Waals surface area contributed by atoms with Crippen LogP contribution in [-0.2, 0) is 0 Å². The van der Waals surface area contributed by atoms with Crippen LogP contribution in [0, 0.1) is 0 Å². The van der Waals surface area contributed by atoms with Crippen LogP contribution in [0.25, 0.3) is 0 Å². The summed E-state index contributed by atoms with van der Waals surface area (Å²) in [7, 11) is 0. The number of carbonyl (C=O) groups is 1. The molecule has 1 atom stereocenters. The topological polar surface area (TPSA) is 69.1 Å². The van der Waals surface area contributed by atoms with Crippen LogP contribution in [-0.4, -0.2) is 5.91 Å². The first kappa shape index (κ1) is 11.4. The van der Waals surface area contributed by atoms with Crippen molar-refractivity contribution in [2.75, 3.05) is 0 Å². The van der Waals surface area contributed by atoms with Crippen LogP contribution >= 0.6 is 0 Å². The molecule has 2 rings (SSSR count). The highest BCUT2D eigenvalue weighted by atomic mass is 16.1. The number of carbonyl (C=O) groups excluding carboxylic acids is 1. The van der Waals surface area contributed by atoms with Crippen molar-refractivity contribution in [3.8, 4) is 0 Å². The number of hydrogen-bond acceptors (Lipinski definition) is 2. The van der Waals surface area contributed by atoms with Gasteiger partial charge in [0.1, 0.15) is 0 Å². The lowest BCUT2D eigenvalue weighted by Crippen LogP contribution is -2.19. The van der Waals surface area contributed by atoms with Gasteiger partial charge in [-0.2, -0.15) is 0 Å². The Morgan fingerprint density at radius 2 is 1.53 bits per heavy atom. The second kappa shape index (κ2) is 4.80. The Bertz CT molecular complexity index is 523. The van der Waals surface area contributed by atoms with Gasteiger partial charge in [0, 0.05) is 5.56 Å². The van der Waals surface area contributed by atoms with E-state index in [2.05, 4.69) is 0 Å². The van der Waals surface area contributed by atoms with E-state index in [-0.39, 0.29) is 6.04 Å². The molecular formula is C14H14N2O. The first-order valence-electron chi connectivity index (χ1n) is 5.39. The minimum Gasteiger partial charge on any atom is -0.366 e. The summed E-state index contributed by atoms with van der Waals surface area (Å²) in [4.78, 5) is 11.3. The molecule has 0 radical (unpaired) electrons. The minimum atomic E-state index is -0.452. The Morgan fingerprint density at radius 3 is 2.18 bits per heavy atom. The maximum Gasteiger partial charge on any atom is 0.249 e. The lowest BCUT2D eigenvalue weighted by atomic mass is 9.95. The lowest BCUT2D eigenvalue weighted by Gasteiger charge is -2.15. The molecule has 0 bridgehead atoms. The van der Waals surface area contributed by atoms with Gasteiger partial charge in [0.2, 0.25) is 5.91 Å². The molecule has 0 saturated carbocycles. The van der Waals surface area contributed by atoms with Crippen molar-refractivity contribution in [2.24, 2.45) is 11.5 Å². The van der Waals surface area contributed by atoms with Crippen molar-refractivity contribution < 1.29 is 4.79 Å². The number of nitrogens with two attached hydrogens (primary N) is 2. The molecule has 0 aliphatic heterocycles. The van der Waals surface area contributed by atoms with Crippen molar-refractivity contribution in [3.05, 3.63) is 71.3 Å². The second-order valence-electron chi connectivity index (χ2n) is 3.84. The van der Waals surface area contributed by atoms with Gasteiger partial charge < -0.3 is 11.5 Å². The Balaban J connectivity index is 2.44. The Kier molecular flexibility index (Phi) is 3.21. The van der Waals surface area contributed by atoms with E-state index < -0.39 is 5.91 Å². The molecule has 2 aromatic carbocycles. The summed E-state index contributed by atoms with van der Waals surface area (Å²) in [6.07, 6.45) is 0. The Hall–Kier alpha value is -2.13. The van der Waals surface area contributed by atoms with Crippen LogP contribution in [0.1, 0.15) is 27.5 Å². The summed E-state index contributed by atoms with van der Waals surface area (Å²) in [5.74, 6) is -0.452. The van der Waals surface area contributed by atoms with Crippen molar-refractivity contribution in [1.82, 2.24) is 0 Å². The van der Waals surface area contributed by atoms with Crippen LogP contribution in [0.5, 0.6) is 0 Å². The van der Waals surface area contributed by atoms with Gasteiger partial charge in [-0.25, -0.2) is 0 Å². The zero-order valence-electron chi connectivity index (χ0n) is 9.34. The zero-order chi connectivity index (χ0) is 12.3. The van der Waals surface area contributed by atoms with Gasteiger partial charge in [-0.05, 0) is 17.2 Å². The number of rotatable bonds is 3. The number of benzene rings is 2. The maximum absolute atomic E-state index is 11.3. The fourth-order valence-corrected chi connectivity index (χ4v) is 1.83. The molecule has 4 N–H and O–H groups in total. The molecule has 3 nitrogen and oxygen atoms in total. The molecule has 1 amide bonds. The normalized spacial score (nSPS) is 12.1. The number of hydrogen-bond donors (Lipinski definition) is 2. The SMILES string of the molecule is NC(=O)c1ccccc1C(N)c1ccccc1. The van der Waals surface area contributed by atoms with Gasteiger partial charge in [0.25, 0.3) is 0 Å². The predicted octanol–water partition coefficient (Wildman–Crippen LogP) is 1.83. The first-order valence-corrected chi connectivity index (χ1v) is 5.39. The third-order valence-corrected chi connectivity index (χ3v) is 2.72. The molecule has 0 aromatic heterocycles. The predicted molar refractivity (Wildman–Crippen MR) is 67.4 cm³/mol. The van der Waals surface area contributed by atoms with Crippen molar-refractivity contribution >= 4 is 5.91 Å². The molecule has 0 aliphatic carbocycles. The maximum atomic E-state index is 11.3. The highest BCUT2D eigenvalue weighted by Gasteiger charge is 2.15. The monoisotopic (exact) mass is 226 g/mol. The molecule has 0 fully saturated rings. The third-order valence-electron chi connectivity index (χ3n) is 2.72. The second-order valence-corrected chi connectivity index (χ2v) is 3.84. The quantitative estimate of drug-likeness (QED) is 0.838. The van der Waals surface area contributed by atoms with E-state index >= 15 is 0 Å². The molecule has 3 heteroatoms. The average Bonchev–Trinajstić information content (AvgIpc) is 2.39. The molecule has 1 unspecified atom stereocenters. The molecule has 0 spiro atoms. The van der Waals surface area contributed by atoms with Gasteiger partial charge in [-0.1, -0.05) is 48.5 Å². The molecule has 2 aromatic rings. The van der Waals surface area contributed by atoms with E-state index in [1.54, 1.807) is 12.1 Å². The third kappa shape index (κ3) is 2.34. The molecule has 17 heavy (non-hydrogen) atoms. The van der Waals surface area contributed by atoms with Crippen LogP contribution < -0.4 is 11.5 Å². The van der Waals surface area contributed by atoms with Crippen molar-refractivity contribution in [3.63, 3.8) is 0 Å². The van der Waals surface area contributed by atoms with Crippen LogP contribution in [0.4, 0.5) is 0 Å². The van der Waals surface area contributed by atoms with Crippen molar-refractivity contribution in [2.45, 2.75) is 6.04 Å². The fourth-order valence-electron chi connectivity index (χ4n) is 1.83. The van der Waals surface area contributed by atoms with Crippen LogP contribution in [0.3, 0.4) is 0 Å². The van der Waals surface area contributed by atoms with E-state index in [1.165, 1.54) is 0 Å².